The Kier molecular flexibility index (Phi) is 5.92. The third kappa shape index (κ3) is 4.96. The molecule has 0 unspecified atom stereocenters. The number of hydrogen-bond donors (Lipinski definition) is 2. The average molecular weight is 268 g/mol. The Bertz CT molecular complexity index is 435. The smallest absolute Gasteiger partial charge is 0.338 e. The Morgan fingerprint density at radius 2 is 2.16 bits per heavy atom. The normalized spacial score (nSPS) is 11.3. The fourth-order valence-corrected chi connectivity index (χ4v) is 1.59. The topological polar surface area (TPSA) is 52.6 Å². The van der Waals surface area contributed by atoms with Crippen molar-refractivity contribution in [3.8, 4) is 0 Å². The summed E-state index contributed by atoms with van der Waals surface area (Å²) in [6, 6.07) is 4.69. The number of hydrogen-bond acceptors (Lipinski definition) is 3. The summed E-state index contributed by atoms with van der Waals surface area (Å²) in [7, 11) is 2.05. The van der Waals surface area contributed by atoms with Crippen molar-refractivity contribution < 1.29 is 14.3 Å². The molecular weight excluding hydrogens is 247 g/mol. The van der Waals surface area contributed by atoms with E-state index in [4.69, 9.17) is 5.11 Å². The largest absolute Gasteiger partial charge is 0.478 e. The van der Waals surface area contributed by atoms with Crippen molar-refractivity contribution in [1.29, 1.82) is 0 Å². The number of carbonyl (C=O) groups is 1. The first kappa shape index (κ1) is 15.6. The van der Waals surface area contributed by atoms with Crippen LogP contribution >= 0.6 is 0 Å². The molecule has 0 fully saturated rings. The average Bonchev–Trinajstić information content (AvgIpc) is 2.33. The second kappa shape index (κ2) is 7.21. The molecule has 0 aliphatic carbocycles. The molecule has 1 aromatic rings. The van der Waals surface area contributed by atoms with Crippen LogP contribution in [0.25, 0.3) is 0 Å². The first-order chi connectivity index (χ1) is 8.91. The number of nitrogens with one attached hydrogen (secondary N) is 1. The van der Waals surface area contributed by atoms with Gasteiger partial charge < -0.3 is 15.3 Å². The van der Waals surface area contributed by atoms with Crippen molar-refractivity contribution in [3.63, 3.8) is 0 Å². The summed E-state index contributed by atoms with van der Waals surface area (Å²) in [6.07, 6.45) is 0. The van der Waals surface area contributed by atoms with Crippen LogP contribution < -0.4 is 5.32 Å². The predicted octanol–water partition coefficient (Wildman–Crippen LogP) is 1.95. The highest BCUT2D eigenvalue weighted by atomic mass is 19.1. The number of rotatable bonds is 7. The summed E-state index contributed by atoms with van der Waals surface area (Å²) in [5.74, 6) is -1.93. The molecule has 0 saturated heterocycles. The highest BCUT2D eigenvalue weighted by Gasteiger charge is 2.10. The molecule has 0 saturated carbocycles. The molecule has 0 heterocycles. The number of halogens is 1. The molecule has 0 bridgehead atoms. The van der Waals surface area contributed by atoms with Gasteiger partial charge in [0.2, 0.25) is 0 Å². The van der Waals surface area contributed by atoms with Crippen LogP contribution in [0.15, 0.2) is 18.2 Å². The van der Waals surface area contributed by atoms with Gasteiger partial charge in [-0.1, -0.05) is 6.07 Å². The molecule has 0 spiro atoms. The molecule has 0 amide bonds. The first-order valence-electron chi connectivity index (χ1n) is 6.34. The summed E-state index contributed by atoms with van der Waals surface area (Å²) in [4.78, 5) is 12.9. The molecule has 0 aliphatic rings. The zero-order chi connectivity index (χ0) is 14.4. The Balaban J connectivity index is 2.42. The molecule has 5 heteroatoms. The van der Waals surface area contributed by atoms with Crippen molar-refractivity contribution in [3.05, 3.63) is 35.1 Å². The van der Waals surface area contributed by atoms with Gasteiger partial charge in [-0.3, -0.25) is 0 Å². The standard InChI is InChI=1S/C14H21FN2O2/c1-10(2)17(3)7-6-16-9-11-4-5-12(14(18)19)13(15)8-11/h4-5,8,10,16H,6-7,9H2,1-3H3,(H,18,19). The Labute approximate surface area is 113 Å². The zero-order valence-corrected chi connectivity index (χ0v) is 11.6. The van der Waals surface area contributed by atoms with Gasteiger partial charge in [0.1, 0.15) is 5.82 Å². The van der Waals surface area contributed by atoms with E-state index in [0.717, 1.165) is 18.7 Å². The molecule has 2 N–H and O–H groups in total. The quantitative estimate of drug-likeness (QED) is 0.742. The highest BCUT2D eigenvalue weighted by Crippen LogP contribution is 2.10. The molecule has 0 atom stereocenters. The van der Waals surface area contributed by atoms with Crippen LogP contribution in [0.3, 0.4) is 0 Å². The lowest BCUT2D eigenvalue weighted by Gasteiger charge is -2.20. The second-order valence-electron chi connectivity index (χ2n) is 4.87. The van der Waals surface area contributed by atoms with Crippen molar-refractivity contribution in [2.24, 2.45) is 0 Å². The van der Waals surface area contributed by atoms with Crippen LogP contribution in [0.2, 0.25) is 0 Å². The fraction of sp³-hybridized carbons (Fsp3) is 0.500. The summed E-state index contributed by atoms with van der Waals surface area (Å²) in [6.45, 7) is 6.49. The number of aromatic carboxylic acids is 1. The van der Waals surface area contributed by atoms with Gasteiger partial charge in [-0.2, -0.15) is 0 Å². The Hall–Kier alpha value is -1.46. The molecule has 0 aromatic heterocycles. The van der Waals surface area contributed by atoms with Gasteiger partial charge in [0.15, 0.2) is 0 Å². The minimum atomic E-state index is -1.24. The number of likely N-dealkylation sites (N-methyl/N-ethyl adjacent to an activating group) is 1. The van der Waals surface area contributed by atoms with E-state index < -0.39 is 11.8 Å². The van der Waals surface area contributed by atoms with E-state index >= 15 is 0 Å². The number of nitrogens with zero attached hydrogens (tertiary/aromatic N) is 1. The van der Waals surface area contributed by atoms with Crippen LogP contribution in [0.1, 0.15) is 29.8 Å². The van der Waals surface area contributed by atoms with Crippen molar-refractivity contribution in [2.75, 3.05) is 20.1 Å². The third-order valence-electron chi connectivity index (χ3n) is 3.12. The van der Waals surface area contributed by atoms with Gasteiger partial charge in [0.25, 0.3) is 0 Å². The minimum Gasteiger partial charge on any atom is -0.478 e. The number of carboxylic acid groups (broad SMARTS) is 1. The molecule has 4 nitrogen and oxygen atoms in total. The maximum atomic E-state index is 13.4. The summed E-state index contributed by atoms with van der Waals surface area (Å²) < 4.78 is 13.4. The van der Waals surface area contributed by atoms with E-state index in [1.807, 2.05) is 7.05 Å². The van der Waals surface area contributed by atoms with Gasteiger partial charge in [-0.15, -0.1) is 0 Å². The molecule has 106 valence electrons. The van der Waals surface area contributed by atoms with Crippen LogP contribution in [0, 0.1) is 5.82 Å². The van der Waals surface area contributed by atoms with Crippen LogP contribution in [0.4, 0.5) is 4.39 Å². The first-order valence-corrected chi connectivity index (χ1v) is 6.34. The van der Waals surface area contributed by atoms with Crippen molar-refractivity contribution in [2.45, 2.75) is 26.4 Å². The fourth-order valence-electron chi connectivity index (χ4n) is 1.59. The summed E-state index contributed by atoms with van der Waals surface area (Å²) in [5, 5.41) is 11.9. The van der Waals surface area contributed by atoms with Crippen molar-refractivity contribution >= 4 is 5.97 Å². The number of carboxylic acids is 1. The zero-order valence-electron chi connectivity index (χ0n) is 11.6. The lowest BCUT2D eigenvalue weighted by atomic mass is 10.1. The van der Waals surface area contributed by atoms with Crippen molar-refractivity contribution in [1.82, 2.24) is 10.2 Å². The van der Waals surface area contributed by atoms with Gasteiger partial charge in [0.05, 0.1) is 5.56 Å². The predicted molar refractivity (Wildman–Crippen MR) is 72.8 cm³/mol. The van der Waals surface area contributed by atoms with Gasteiger partial charge in [0, 0.05) is 25.7 Å². The van der Waals surface area contributed by atoms with Gasteiger partial charge >= 0.3 is 5.97 Å². The van der Waals surface area contributed by atoms with Crippen LogP contribution in [0.5, 0.6) is 0 Å². The van der Waals surface area contributed by atoms with E-state index in [-0.39, 0.29) is 5.56 Å². The Morgan fingerprint density at radius 1 is 1.47 bits per heavy atom. The molecule has 0 aliphatic heterocycles. The van der Waals surface area contributed by atoms with Crippen LogP contribution in [-0.4, -0.2) is 42.2 Å². The number of benzene rings is 1. The van der Waals surface area contributed by atoms with Gasteiger partial charge in [-0.05, 0) is 38.6 Å². The SMILES string of the molecule is CC(C)N(C)CCNCc1ccc(C(=O)O)c(F)c1. The molecule has 0 radical (unpaired) electrons. The van der Waals surface area contributed by atoms with Gasteiger partial charge in [-0.25, -0.2) is 9.18 Å². The van der Waals surface area contributed by atoms with E-state index in [0.29, 0.717) is 12.6 Å². The van der Waals surface area contributed by atoms with E-state index in [2.05, 4.69) is 24.1 Å². The second-order valence-corrected chi connectivity index (χ2v) is 4.87. The van der Waals surface area contributed by atoms with E-state index in [1.165, 1.54) is 12.1 Å². The minimum absolute atomic E-state index is 0.289. The molecule has 1 aromatic carbocycles. The maximum absolute atomic E-state index is 13.4. The van der Waals surface area contributed by atoms with E-state index in [1.54, 1.807) is 6.07 Å². The molecular formula is C14H21FN2O2. The molecule has 1 rings (SSSR count). The maximum Gasteiger partial charge on any atom is 0.338 e. The monoisotopic (exact) mass is 268 g/mol. The molecule has 19 heavy (non-hydrogen) atoms. The van der Waals surface area contributed by atoms with Crippen LogP contribution in [-0.2, 0) is 6.54 Å². The lowest BCUT2D eigenvalue weighted by Crippen LogP contribution is -2.33. The third-order valence-corrected chi connectivity index (χ3v) is 3.12. The van der Waals surface area contributed by atoms with E-state index in [9.17, 15) is 9.18 Å². The highest BCUT2D eigenvalue weighted by molar-refractivity contribution is 5.87. The lowest BCUT2D eigenvalue weighted by molar-refractivity contribution is 0.0692. The Morgan fingerprint density at radius 3 is 2.68 bits per heavy atom. The summed E-state index contributed by atoms with van der Waals surface area (Å²) in [5.41, 5.74) is 0.456. The summed E-state index contributed by atoms with van der Waals surface area (Å²) >= 11 is 0.